The van der Waals surface area contributed by atoms with Crippen molar-refractivity contribution in [3.05, 3.63) is 65.7 Å². The molecule has 0 atom stereocenters. The van der Waals surface area contributed by atoms with E-state index in [1.54, 1.807) is 29.2 Å². The monoisotopic (exact) mass is 312 g/mol. The molecule has 0 aromatic heterocycles. The molecule has 0 aliphatic heterocycles. The van der Waals surface area contributed by atoms with Gasteiger partial charge >= 0.3 is 12.0 Å². The van der Waals surface area contributed by atoms with E-state index in [1.165, 1.54) is 7.11 Å². The first-order chi connectivity index (χ1) is 11.2. The Hall–Kier alpha value is -2.82. The largest absolute Gasteiger partial charge is 0.465 e. The number of methoxy groups -OCH3 is 1. The summed E-state index contributed by atoms with van der Waals surface area (Å²) in [7, 11) is 1.31. The van der Waals surface area contributed by atoms with Gasteiger partial charge in [-0.3, -0.25) is 0 Å². The topological polar surface area (TPSA) is 58.6 Å². The Bertz CT molecular complexity index is 671. The Morgan fingerprint density at radius 3 is 2.35 bits per heavy atom. The zero-order chi connectivity index (χ0) is 16.7. The molecule has 2 rings (SSSR count). The van der Waals surface area contributed by atoms with Gasteiger partial charge in [0.15, 0.2) is 0 Å². The average molecular weight is 312 g/mol. The molecular weight excluding hydrogens is 292 g/mol. The Kier molecular flexibility index (Phi) is 5.74. The van der Waals surface area contributed by atoms with Crippen molar-refractivity contribution in [2.75, 3.05) is 19.0 Å². The van der Waals surface area contributed by atoms with Gasteiger partial charge < -0.3 is 15.0 Å². The number of rotatable bonds is 5. The number of nitrogens with one attached hydrogen (secondary N) is 1. The quantitative estimate of drug-likeness (QED) is 0.859. The Balaban J connectivity index is 2.12. The molecule has 0 bridgehead atoms. The van der Waals surface area contributed by atoms with Crippen LogP contribution in [0.25, 0.3) is 0 Å². The average Bonchev–Trinajstić information content (AvgIpc) is 2.60. The lowest BCUT2D eigenvalue weighted by Crippen LogP contribution is -2.34. The fourth-order valence-electron chi connectivity index (χ4n) is 2.21. The van der Waals surface area contributed by atoms with Crippen LogP contribution in [0, 0.1) is 0 Å². The van der Waals surface area contributed by atoms with Gasteiger partial charge in [0, 0.05) is 13.1 Å². The lowest BCUT2D eigenvalue weighted by Gasteiger charge is -2.22. The van der Waals surface area contributed by atoms with Gasteiger partial charge in [-0.1, -0.05) is 42.5 Å². The zero-order valence-electron chi connectivity index (χ0n) is 13.3. The number of hydrogen-bond donors (Lipinski definition) is 1. The minimum atomic E-state index is -0.480. The van der Waals surface area contributed by atoms with Crippen LogP contribution in [0.3, 0.4) is 0 Å². The molecule has 0 saturated carbocycles. The highest BCUT2D eigenvalue weighted by atomic mass is 16.5. The molecule has 5 heteroatoms. The smallest absolute Gasteiger partial charge is 0.339 e. The molecule has 120 valence electrons. The second kappa shape index (κ2) is 7.98. The van der Waals surface area contributed by atoms with E-state index < -0.39 is 5.97 Å². The lowest BCUT2D eigenvalue weighted by molar-refractivity contribution is 0.0602. The third kappa shape index (κ3) is 4.32. The number of esters is 1. The van der Waals surface area contributed by atoms with Crippen LogP contribution in [-0.4, -0.2) is 30.6 Å². The summed E-state index contributed by atoms with van der Waals surface area (Å²) in [6.45, 7) is 2.97. The van der Waals surface area contributed by atoms with Crippen LogP contribution >= 0.6 is 0 Å². The van der Waals surface area contributed by atoms with E-state index in [9.17, 15) is 9.59 Å². The number of benzene rings is 2. The van der Waals surface area contributed by atoms with Gasteiger partial charge in [-0.05, 0) is 24.6 Å². The van der Waals surface area contributed by atoms with Gasteiger partial charge in [0.25, 0.3) is 0 Å². The summed E-state index contributed by atoms with van der Waals surface area (Å²) in [6, 6.07) is 16.3. The molecule has 2 amide bonds. The molecule has 0 heterocycles. The Labute approximate surface area is 135 Å². The standard InChI is InChI=1S/C18H20N2O3/c1-3-20(13-14-9-5-4-6-10-14)18(22)19-16-12-8-7-11-15(16)17(21)23-2/h4-12H,3,13H2,1-2H3,(H,19,22). The number of hydrogen-bond acceptors (Lipinski definition) is 3. The second-order valence-electron chi connectivity index (χ2n) is 4.97. The van der Waals surface area contributed by atoms with Gasteiger partial charge in [-0.15, -0.1) is 0 Å². The van der Waals surface area contributed by atoms with Crippen molar-refractivity contribution < 1.29 is 14.3 Å². The van der Waals surface area contributed by atoms with Gasteiger partial charge in [-0.2, -0.15) is 0 Å². The predicted octanol–water partition coefficient (Wildman–Crippen LogP) is 3.53. The first kappa shape index (κ1) is 16.5. The van der Waals surface area contributed by atoms with Crippen molar-refractivity contribution in [1.82, 2.24) is 4.90 Å². The van der Waals surface area contributed by atoms with Gasteiger partial charge in [0.05, 0.1) is 18.4 Å². The molecule has 0 saturated heterocycles. The van der Waals surface area contributed by atoms with Crippen LogP contribution in [0.1, 0.15) is 22.8 Å². The van der Waals surface area contributed by atoms with E-state index in [2.05, 4.69) is 5.32 Å². The predicted molar refractivity (Wildman–Crippen MR) is 89.3 cm³/mol. The van der Waals surface area contributed by atoms with Crippen molar-refractivity contribution in [3.8, 4) is 0 Å². The van der Waals surface area contributed by atoms with Crippen molar-refractivity contribution >= 4 is 17.7 Å². The van der Waals surface area contributed by atoms with Gasteiger partial charge in [0.1, 0.15) is 0 Å². The number of ether oxygens (including phenoxy) is 1. The third-order valence-electron chi connectivity index (χ3n) is 3.46. The lowest BCUT2D eigenvalue weighted by atomic mass is 10.2. The third-order valence-corrected chi connectivity index (χ3v) is 3.46. The number of carbonyl (C=O) groups is 2. The highest BCUT2D eigenvalue weighted by Crippen LogP contribution is 2.17. The maximum atomic E-state index is 12.5. The summed E-state index contributed by atoms with van der Waals surface area (Å²) in [5.41, 5.74) is 1.82. The van der Waals surface area contributed by atoms with E-state index in [1.807, 2.05) is 37.3 Å². The maximum Gasteiger partial charge on any atom is 0.339 e. The molecule has 0 radical (unpaired) electrons. The minimum absolute atomic E-state index is 0.257. The number of nitrogens with zero attached hydrogens (tertiary/aromatic N) is 1. The number of carbonyl (C=O) groups excluding carboxylic acids is 2. The van der Waals surface area contributed by atoms with Crippen molar-refractivity contribution in [2.24, 2.45) is 0 Å². The first-order valence-corrected chi connectivity index (χ1v) is 7.43. The fraction of sp³-hybridized carbons (Fsp3) is 0.222. The molecule has 1 N–H and O–H groups in total. The molecule has 0 fully saturated rings. The van der Waals surface area contributed by atoms with E-state index >= 15 is 0 Å². The van der Waals surface area contributed by atoms with E-state index in [0.717, 1.165) is 5.56 Å². The van der Waals surface area contributed by atoms with Crippen LogP contribution in [0.5, 0.6) is 0 Å². The first-order valence-electron chi connectivity index (χ1n) is 7.43. The maximum absolute atomic E-state index is 12.5. The minimum Gasteiger partial charge on any atom is -0.465 e. The SMILES string of the molecule is CCN(Cc1ccccc1)C(=O)Nc1ccccc1C(=O)OC. The fourth-order valence-corrected chi connectivity index (χ4v) is 2.21. The van der Waals surface area contributed by atoms with Crippen molar-refractivity contribution in [2.45, 2.75) is 13.5 Å². The summed E-state index contributed by atoms with van der Waals surface area (Å²) in [6.07, 6.45) is 0. The van der Waals surface area contributed by atoms with Crippen LogP contribution in [0.4, 0.5) is 10.5 Å². The number of amides is 2. The van der Waals surface area contributed by atoms with E-state index in [4.69, 9.17) is 4.74 Å². The summed E-state index contributed by atoms with van der Waals surface area (Å²) in [5, 5.41) is 2.78. The van der Waals surface area contributed by atoms with Crippen LogP contribution in [0.15, 0.2) is 54.6 Å². The Morgan fingerprint density at radius 2 is 1.70 bits per heavy atom. The highest BCUT2D eigenvalue weighted by molar-refractivity contribution is 6.00. The number of para-hydroxylation sites is 1. The normalized spacial score (nSPS) is 10.0. The number of anilines is 1. The molecule has 5 nitrogen and oxygen atoms in total. The summed E-state index contributed by atoms with van der Waals surface area (Å²) in [4.78, 5) is 25.9. The molecule has 0 aliphatic rings. The van der Waals surface area contributed by atoms with Gasteiger partial charge in [-0.25, -0.2) is 9.59 Å². The van der Waals surface area contributed by atoms with E-state index in [-0.39, 0.29) is 6.03 Å². The summed E-state index contributed by atoms with van der Waals surface area (Å²) in [5.74, 6) is -0.480. The van der Waals surface area contributed by atoms with Crippen molar-refractivity contribution in [3.63, 3.8) is 0 Å². The second-order valence-corrected chi connectivity index (χ2v) is 4.97. The molecule has 2 aromatic rings. The molecule has 0 aliphatic carbocycles. The highest BCUT2D eigenvalue weighted by Gasteiger charge is 2.16. The molecule has 23 heavy (non-hydrogen) atoms. The number of urea groups is 1. The molecular formula is C18H20N2O3. The summed E-state index contributed by atoms with van der Waals surface area (Å²) >= 11 is 0. The molecule has 2 aromatic carbocycles. The van der Waals surface area contributed by atoms with Crippen LogP contribution < -0.4 is 5.32 Å². The Morgan fingerprint density at radius 1 is 1.04 bits per heavy atom. The van der Waals surface area contributed by atoms with E-state index in [0.29, 0.717) is 24.3 Å². The molecule has 0 unspecified atom stereocenters. The van der Waals surface area contributed by atoms with Gasteiger partial charge in [0.2, 0.25) is 0 Å². The summed E-state index contributed by atoms with van der Waals surface area (Å²) < 4.78 is 4.74. The molecule has 0 spiro atoms. The zero-order valence-corrected chi connectivity index (χ0v) is 13.3. The van der Waals surface area contributed by atoms with Crippen LogP contribution in [-0.2, 0) is 11.3 Å². The van der Waals surface area contributed by atoms with Crippen molar-refractivity contribution in [1.29, 1.82) is 0 Å². The van der Waals surface area contributed by atoms with Crippen LogP contribution in [0.2, 0.25) is 0 Å².